The van der Waals surface area contributed by atoms with Crippen molar-refractivity contribution in [2.24, 2.45) is 0 Å². The fraction of sp³-hybridized carbons (Fsp3) is 0.147. The number of benzene rings is 4. The van der Waals surface area contributed by atoms with Gasteiger partial charge in [0.2, 0.25) is 5.91 Å². The molecule has 0 aromatic heterocycles. The summed E-state index contributed by atoms with van der Waals surface area (Å²) in [5.41, 5.74) is 3.78. The van der Waals surface area contributed by atoms with Gasteiger partial charge in [0, 0.05) is 26.3 Å². The fourth-order valence-corrected chi connectivity index (χ4v) is 5.16. The molecule has 8 heteroatoms. The maximum atomic E-state index is 13.5. The second-order valence-corrected chi connectivity index (χ2v) is 12.3. The van der Waals surface area contributed by atoms with Crippen LogP contribution in [0.1, 0.15) is 48.2 Å². The molecule has 0 aliphatic heterocycles. The number of amides is 3. The number of hydrogen-bond donors (Lipinski definition) is 3. The van der Waals surface area contributed by atoms with Gasteiger partial charge in [-0.15, -0.1) is 11.8 Å². The van der Waals surface area contributed by atoms with Gasteiger partial charge in [-0.3, -0.25) is 14.4 Å². The summed E-state index contributed by atoms with van der Waals surface area (Å²) < 4.78 is 0.934. The third-order valence-corrected chi connectivity index (χ3v) is 7.95. The summed E-state index contributed by atoms with van der Waals surface area (Å²) in [5.74, 6) is -0.599. The Bertz CT molecular complexity index is 1570. The van der Waals surface area contributed by atoms with Crippen molar-refractivity contribution in [2.45, 2.75) is 36.8 Å². The summed E-state index contributed by atoms with van der Waals surface area (Å²) in [4.78, 5) is 40.0. The van der Waals surface area contributed by atoms with Gasteiger partial charge in [-0.2, -0.15) is 0 Å². The number of carbonyl (C=O) groups is 3. The van der Waals surface area contributed by atoms with E-state index < -0.39 is 5.91 Å². The van der Waals surface area contributed by atoms with Gasteiger partial charge in [-0.25, -0.2) is 0 Å². The first kappa shape index (κ1) is 30.8. The van der Waals surface area contributed by atoms with Crippen LogP contribution in [0.2, 0.25) is 0 Å². The maximum Gasteiger partial charge on any atom is 0.272 e. The Balaban J connectivity index is 1.49. The third-order valence-electron chi connectivity index (χ3n) is 6.33. The molecule has 4 aromatic carbocycles. The molecule has 3 N–H and O–H groups in total. The smallest absolute Gasteiger partial charge is 0.272 e. The van der Waals surface area contributed by atoms with Gasteiger partial charge < -0.3 is 16.0 Å². The lowest BCUT2D eigenvalue weighted by molar-refractivity contribution is -0.115. The van der Waals surface area contributed by atoms with E-state index >= 15 is 0 Å². The Kier molecular flexibility index (Phi) is 10.8. The molecule has 42 heavy (non-hydrogen) atoms. The minimum atomic E-state index is -0.463. The van der Waals surface area contributed by atoms with Crippen LogP contribution in [0.5, 0.6) is 0 Å². The van der Waals surface area contributed by atoms with Crippen LogP contribution in [-0.4, -0.2) is 23.0 Å². The molecule has 0 bridgehead atoms. The predicted molar refractivity (Wildman–Crippen MR) is 176 cm³/mol. The normalized spacial score (nSPS) is 12.0. The summed E-state index contributed by atoms with van der Waals surface area (Å²) in [7, 11) is 0. The Morgan fingerprint density at radius 1 is 0.762 bits per heavy atom. The highest BCUT2D eigenvalue weighted by Gasteiger charge is 2.17. The number of anilines is 2. The second-order valence-electron chi connectivity index (χ2n) is 9.94. The van der Waals surface area contributed by atoms with Crippen molar-refractivity contribution < 1.29 is 14.4 Å². The van der Waals surface area contributed by atoms with E-state index in [1.807, 2.05) is 73.7 Å². The van der Waals surface area contributed by atoms with E-state index in [-0.39, 0.29) is 22.8 Å². The molecule has 0 fully saturated rings. The van der Waals surface area contributed by atoms with Gasteiger partial charge in [0.1, 0.15) is 5.70 Å². The van der Waals surface area contributed by atoms with E-state index in [0.717, 1.165) is 14.9 Å². The molecular formula is C34H32BrN3O3S. The molecule has 1 atom stereocenters. The summed E-state index contributed by atoms with van der Waals surface area (Å²) in [6, 6.07) is 31.3. The third kappa shape index (κ3) is 8.93. The van der Waals surface area contributed by atoms with Gasteiger partial charge in [0.15, 0.2) is 0 Å². The molecule has 6 nitrogen and oxygen atoms in total. The number of nitrogens with one attached hydrogen (secondary N) is 3. The molecule has 1 unspecified atom stereocenters. The standard InChI is InChI=1S/C34H32BrN3O3S/c1-22(2)25-14-12-24(13-15-25)20-31(38-33(40)26-8-5-4-6-9-26)34(41)37-29-10-7-11-30(21-29)42-23(3)32(39)36-28-18-16-27(35)17-19-28/h4-23H,1-3H3,(H,36,39)(H,37,41)(H,38,40)/b31-20+. The first-order valence-electron chi connectivity index (χ1n) is 13.5. The number of carbonyl (C=O) groups excluding carboxylic acids is 3. The zero-order valence-corrected chi connectivity index (χ0v) is 26.0. The molecular weight excluding hydrogens is 610 g/mol. The van der Waals surface area contributed by atoms with Crippen LogP contribution in [0.25, 0.3) is 6.08 Å². The molecule has 4 rings (SSSR count). The second kappa shape index (κ2) is 14.7. The molecule has 214 valence electrons. The molecule has 0 saturated heterocycles. The highest BCUT2D eigenvalue weighted by molar-refractivity contribution is 9.10. The van der Waals surface area contributed by atoms with Crippen LogP contribution in [-0.2, 0) is 9.59 Å². The lowest BCUT2D eigenvalue weighted by Crippen LogP contribution is -2.30. The number of thioether (sulfide) groups is 1. The SMILES string of the molecule is CC(Sc1cccc(NC(=O)/C(=C\c2ccc(C(C)C)cc2)NC(=O)c2ccccc2)c1)C(=O)Nc1ccc(Br)cc1. The van der Waals surface area contributed by atoms with E-state index in [9.17, 15) is 14.4 Å². The lowest BCUT2D eigenvalue weighted by Gasteiger charge is -2.14. The van der Waals surface area contributed by atoms with Gasteiger partial charge >= 0.3 is 0 Å². The van der Waals surface area contributed by atoms with Crippen molar-refractivity contribution in [1.82, 2.24) is 5.32 Å². The zero-order chi connectivity index (χ0) is 30.1. The van der Waals surface area contributed by atoms with Crippen molar-refractivity contribution >= 4 is 62.9 Å². The van der Waals surface area contributed by atoms with Gasteiger partial charge in [0.05, 0.1) is 5.25 Å². The summed E-state index contributed by atoms with van der Waals surface area (Å²) in [6.45, 7) is 6.06. The van der Waals surface area contributed by atoms with E-state index in [2.05, 4.69) is 45.7 Å². The topological polar surface area (TPSA) is 87.3 Å². The molecule has 0 saturated carbocycles. The molecule has 0 aliphatic carbocycles. The molecule has 0 aliphatic rings. The molecule has 0 heterocycles. The largest absolute Gasteiger partial charge is 0.325 e. The van der Waals surface area contributed by atoms with E-state index in [4.69, 9.17) is 0 Å². The van der Waals surface area contributed by atoms with Gasteiger partial charge in [-0.05, 0) is 84.6 Å². The maximum absolute atomic E-state index is 13.5. The van der Waals surface area contributed by atoms with Crippen LogP contribution in [0.3, 0.4) is 0 Å². The monoisotopic (exact) mass is 641 g/mol. The average Bonchev–Trinajstić information content (AvgIpc) is 2.98. The van der Waals surface area contributed by atoms with Crippen molar-refractivity contribution in [2.75, 3.05) is 10.6 Å². The van der Waals surface area contributed by atoms with Gasteiger partial charge in [0.25, 0.3) is 11.8 Å². The van der Waals surface area contributed by atoms with Crippen LogP contribution in [0, 0.1) is 0 Å². The van der Waals surface area contributed by atoms with Crippen molar-refractivity contribution in [3.63, 3.8) is 0 Å². The number of hydrogen-bond acceptors (Lipinski definition) is 4. The van der Waals surface area contributed by atoms with E-state index in [0.29, 0.717) is 22.9 Å². The minimum Gasteiger partial charge on any atom is -0.325 e. The zero-order valence-electron chi connectivity index (χ0n) is 23.6. The lowest BCUT2D eigenvalue weighted by atomic mass is 10.0. The minimum absolute atomic E-state index is 0.112. The quantitative estimate of drug-likeness (QED) is 0.121. The average molecular weight is 643 g/mol. The number of halogens is 1. The van der Waals surface area contributed by atoms with Crippen molar-refractivity contribution in [1.29, 1.82) is 0 Å². The summed E-state index contributed by atoms with van der Waals surface area (Å²) in [6.07, 6.45) is 1.66. The van der Waals surface area contributed by atoms with Gasteiger partial charge in [-0.1, -0.05) is 78.3 Å². The van der Waals surface area contributed by atoms with Crippen LogP contribution in [0.4, 0.5) is 11.4 Å². The van der Waals surface area contributed by atoms with E-state index in [1.165, 1.54) is 17.3 Å². The van der Waals surface area contributed by atoms with E-state index in [1.54, 1.807) is 42.5 Å². The highest BCUT2D eigenvalue weighted by atomic mass is 79.9. The Labute approximate surface area is 259 Å². The van der Waals surface area contributed by atoms with Crippen LogP contribution in [0.15, 0.2) is 118 Å². The highest BCUT2D eigenvalue weighted by Crippen LogP contribution is 2.27. The number of rotatable bonds is 10. The van der Waals surface area contributed by atoms with Crippen LogP contribution < -0.4 is 16.0 Å². The molecule has 0 spiro atoms. The predicted octanol–water partition coefficient (Wildman–Crippen LogP) is 8.10. The first-order valence-corrected chi connectivity index (χ1v) is 15.2. The first-order chi connectivity index (χ1) is 20.2. The fourth-order valence-electron chi connectivity index (χ4n) is 3.97. The summed E-state index contributed by atoms with van der Waals surface area (Å²) >= 11 is 4.77. The van der Waals surface area contributed by atoms with Crippen molar-refractivity contribution in [3.05, 3.63) is 130 Å². The Morgan fingerprint density at radius 3 is 2.12 bits per heavy atom. The molecule has 4 aromatic rings. The Morgan fingerprint density at radius 2 is 1.45 bits per heavy atom. The van der Waals surface area contributed by atoms with Crippen LogP contribution >= 0.6 is 27.7 Å². The summed E-state index contributed by atoms with van der Waals surface area (Å²) in [5, 5.41) is 8.21. The Hall–Kier alpha value is -4.14. The molecule has 3 amide bonds. The molecule has 0 radical (unpaired) electrons. The van der Waals surface area contributed by atoms with Crippen molar-refractivity contribution in [3.8, 4) is 0 Å².